The molecule has 0 aliphatic carbocycles. The lowest BCUT2D eigenvalue weighted by molar-refractivity contribution is -0.167. The van der Waals surface area contributed by atoms with Crippen LogP contribution in [0.25, 0.3) is 0 Å². The molecule has 0 aromatic rings. The highest BCUT2D eigenvalue weighted by atomic mass is 16.6. The first kappa shape index (κ1) is 59.9. The first-order chi connectivity index (χ1) is 31.0. The highest BCUT2D eigenvalue weighted by Crippen LogP contribution is 2.13. The number of rotatable bonds is 47. The number of allylic oxidation sites excluding steroid dienone is 12. The summed E-state index contributed by atoms with van der Waals surface area (Å²) >= 11 is 0. The summed E-state index contributed by atoms with van der Waals surface area (Å²) in [5, 5.41) is 0. The van der Waals surface area contributed by atoms with Gasteiger partial charge in [0.2, 0.25) is 0 Å². The molecule has 362 valence electrons. The summed E-state index contributed by atoms with van der Waals surface area (Å²) in [5.74, 6) is -0.987. The minimum absolute atomic E-state index is 0.107. The van der Waals surface area contributed by atoms with Crippen LogP contribution in [-0.2, 0) is 28.6 Å². The van der Waals surface area contributed by atoms with Crippen molar-refractivity contribution in [3.63, 3.8) is 0 Å². The Morgan fingerprint density at radius 2 is 0.651 bits per heavy atom. The number of unbranched alkanes of at least 4 members (excludes halogenated alkanes) is 25. The van der Waals surface area contributed by atoms with Crippen LogP contribution in [0.5, 0.6) is 0 Å². The van der Waals surface area contributed by atoms with Gasteiger partial charge in [0.15, 0.2) is 6.10 Å². The second kappa shape index (κ2) is 51.5. The van der Waals surface area contributed by atoms with Gasteiger partial charge in [-0.3, -0.25) is 14.4 Å². The maximum atomic E-state index is 12.8. The maximum Gasteiger partial charge on any atom is 0.306 e. The second-order valence-electron chi connectivity index (χ2n) is 17.5. The Morgan fingerprint density at radius 3 is 1.10 bits per heavy atom. The number of hydrogen-bond acceptors (Lipinski definition) is 6. The first-order valence-corrected chi connectivity index (χ1v) is 26.5. The number of carbonyl (C=O) groups excluding carboxylic acids is 3. The van der Waals surface area contributed by atoms with E-state index in [1.807, 2.05) is 0 Å². The molecule has 0 aromatic heterocycles. The van der Waals surface area contributed by atoms with Crippen LogP contribution in [0.15, 0.2) is 72.9 Å². The number of ether oxygens (including phenoxy) is 3. The third-order valence-electron chi connectivity index (χ3n) is 11.2. The van der Waals surface area contributed by atoms with E-state index in [0.717, 1.165) is 96.3 Å². The molecule has 0 heterocycles. The molecule has 0 amide bonds. The molecule has 0 fully saturated rings. The summed E-state index contributed by atoms with van der Waals surface area (Å²) in [7, 11) is 0. The van der Waals surface area contributed by atoms with E-state index in [9.17, 15) is 14.4 Å². The predicted molar refractivity (Wildman–Crippen MR) is 270 cm³/mol. The van der Waals surface area contributed by atoms with E-state index in [4.69, 9.17) is 14.2 Å². The molecule has 0 aliphatic rings. The Balaban J connectivity index is 4.45. The van der Waals surface area contributed by atoms with E-state index in [1.165, 1.54) is 109 Å². The van der Waals surface area contributed by atoms with E-state index in [-0.39, 0.29) is 37.5 Å². The van der Waals surface area contributed by atoms with Gasteiger partial charge >= 0.3 is 17.9 Å². The zero-order valence-corrected chi connectivity index (χ0v) is 41.3. The van der Waals surface area contributed by atoms with Crippen LogP contribution in [0, 0.1) is 0 Å². The predicted octanol–water partition coefficient (Wildman–Crippen LogP) is 17.4. The summed E-state index contributed by atoms with van der Waals surface area (Å²) in [5.41, 5.74) is 0. The third kappa shape index (κ3) is 49.7. The smallest absolute Gasteiger partial charge is 0.306 e. The Hall–Kier alpha value is -3.15. The molecule has 6 heteroatoms. The summed E-state index contributed by atoms with van der Waals surface area (Å²) in [6, 6.07) is 0. The van der Waals surface area contributed by atoms with Crippen molar-refractivity contribution in [2.45, 2.75) is 258 Å². The number of hydrogen-bond donors (Lipinski definition) is 0. The van der Waals surface area contributed by atoms with E-state index in [0.29, 0.717) is 19.3 Å². The molecule has 0 radical (unpaired) electrons. The van der Waals surface area contributed by atoms with Gasteiger partial charge in [0.25, 0.3) is 0 Å². The first-order valence-electron chi connectivity index (χ1n) is 26.5. The van der Waals surface area contributed by atoms with Crippen molar-refractivity contribution in [3.8, 4) is 0 Å². The maximum absolute atomic E-state index is 12.8. The molecule has 1 atom stereocenters. The largest absolute Gasteiger partial charge is 0.462 e. The summed E-state index contributed by atoms with van der Waals surface area (Å²) in [6.07, 6.45) is 64.7. The fourth-order valence-corrected chi connectivity index (χ4v) is 7.14. The fraction of sp³-hybridized carbons (Fsp3) is 0.737. The van der Waals surface area contributed by atoms with Gasteiger partial charge in [0.1, 0.15) is 13.2 Å². The van der Waals surface area contributed by atoms with Crippen LogP contribution < -0.4 is 0 Å². The van der Waals surface area contributed by atoms with Crippen molar-refractivity contribution in [2.24, 2.45) is 0 Å². The van der Waals surface area contributed by atoms with Crippen LogP contribution in [0.4, 0.5) is 0 Å². The quantitative estimate of drug-likeness (QED) is 0.0199. The Labute approximate surface area is 389 Å². The molecule has 0 rings (SSSR count). The van der Waals surface area contributed by atoms with Crippen molar-refractivity contribution >= 4 is 17.9 Å². The molecule has 6 nitrogen and oxygen atoms in total. The highest BCUT2D eigenvalue weighted by molar-refractivity contribution is 5.71. The van der Waals surface area contributed by atoms with Crippen molar-refractivity contribution < 1.29 is 28.6 Å². The van der Waals surface area contributed by atoms with Crippen LogP contribution in [0.1, 0.15) is 252 Å². The monoisotopic (exact) mass is 879 g/mol. The molecule has 0 N–H and O–H groups in total. The topological polar surface area (TPSA) is 78.9 Å². The van der Waals surface area contributed by atoms with Gasteiger partial charge in [-0.25, -0.2) is 0 Å². The molecule has 1 unspecified atom stereocenters. The molecule has 63 heavy (non-hydrogen) atoms. The summed E-state index contributed by atoms with van der Waals surface area (Å²) < 4.78 is 16.7. The van der Waals surface area contributed by atoms with E-state index in [2.05, 4.69) is 93.7 Å². The lowest BCUT2D eigenvalue weighted by Gasteiger charge is -2.18. The molecule has 0 aliphatic heterocycles. The van der Waals surface area contributed by atoms with Gasteiger partial charge in [0, 0.05) is 19.3 Å². The molecule has 0 spiro atoms. The lowest BCUT2D eigenvalue weighted by Crippen LogP contribution is -2.30. The normalized spacial score (nSPS) is 12.6. The average molecular weight is 879 g/mol. The van der Waals surface area contributed by atoms with Crippen molar-refractivity contribution in [1.82, 2.24) is 0 Å². The van der Waals surface area contributed by atoms with Gasteiger partial charge in [-0.15, -0.1) is 0 Å². The number of carbonyl (C=O) groups is 3. The zero-order valence-electron chi connectivity index (χ0n) is 41.3. The van der Waals surface area contributed by atoms with Gasteiger partial charge in [-0.05, 0) is 96.3 Å². The lowest BCUT2D eigenvalue weighted by atomic mass is 10.1. The second-order valence-corrected chi connectivity index (χ2v) is 17.5. The van der Waals surface area contributed by atoms with Crippen LogP contribution in [0.3, 0.4) is 0 Å². The van der Waals surface area contributed by atoms with Gasteiger partial charge in [0.05, 0.1) is 0 Å². The Kier molecular flexibility index (Phi) is 48.9. The van der Waals surface area contributed by atoms with Crippen molar-refractivity contribution in [1.29, 1.82) is 0 Å². The van der Waals surface area contributed by atoms with E-state index in [1.54, 1.807) is 0 Å². The van der Waals surface area contributed by atoms with Crippen molar-refractivity contribution in [2.75, 3.05) is 13.2 Å². The SMILES string of the molecule is CCCC/C=C\CCCCCCC(=O)OCC(COC(=O)CCCCCCC/C=C\C=C/CCCCCCCCC)OC(=O)CCC/C=C\C/C=C\C/C=C\CCCCCCCC. The van der Waals surface area contributed by atoms with Crippen LogP contribution in [0.2, 0.25) is 0 Å². The highest BCUT2D eigenvalue weighted by Gasteiger charge is 2.19. The van der Waals surface area contributed by atoms with E-state index >= 15 is 0 Å². The fourth-order valence-electron chi connectivity index (χ4n) is 7.14. The summed E-state index contributed by atoms with van der Waals surface area (Å²) in [4.78, 5) is 37.9. The average Bonchev–Trinajstić information content (AvgIpc) is 3.28. The van der Waals surface area contributed by atoms with E-state index < -0.39 is 6.10 Å². The van der Waals surface area contributed by atoms with Crippen molar-refractivity contribution in [3.05, 3.63) is 72.9 Å². The molecular weight excluding hydrogens is 781 g/mol. The molecule has 0 saturated heterocycles. The van der Waals surface area contributed by atoms with Gasteiger partial charge in [-0.2, -0.15) is 0 Å². The zero-order chi connectivity index (χ0) is 45.8. The van der Waals surface area contributed by atoms with Crippen LogP contribution >= 0.6 is 0 Å². The minimum atomic E-state index is -0.811. The standard InChI is InChI=1S/C57H98O6/c1-4-7-10-13-16-19-22-24-26-28-30-31-33-35-38-41-44-47-50-56(59)62-53-54(52-61-55(58)49-46-43-40-37-21-18-15-12-9-6-3)63-57(60)51-48-45-42-39-36-34-32-29-27-25-23-20-17-14-11-8-5-2/h15,18,25-28,30-32,34,39,42,54H,4-14,16-17,19-24,29,33,35-38,40-41,43-53H2,1-3H3/b18-15-,27-25-,28-26-,31-30-,34-32-,42-39-. The summed E-state index contributed by atoms with van der Waals surface area (Å²) in [6.45, 7) is 6.52. The van der Waals surface area contributed by atoms with Crippen LogP contribution in [-0.4, -0.2) is 37.2 Å². The third-order valence-corrected chi connectivity index (χ3v) is 11.2. The molecule has 0 saturated carbocycles. The molecule has 0 bridgehead atoms. The minimum Gasteiger partial charge on any atom is -0.462 e. The molecule has 0 aromatic carbocycles. The Bertz CT molecular complexity index is 1190. The van der Waals surface area contributed by atoms with Gasteiger partial charge in [-0.1, -0.05) is 209 Å². The van der Waals surface area contributed by atoms with Gasteiger partial charge < -0.3 is 14.2 Å². The number of esters is 3. The molecular formula is C57H98O6. The Morgan fingerprint density at radius 1 is 0.333 bits per heavy atom.